The second-order valence-electron chi connectivity index (χ2n) is 4.82. The Labute approximate surface area is 108 Å². The zero-order valence-electron chi connectivity index (χ0n) is 9.95. The van der Waals surface area contributed by atoms with Crippen molar-refractivity contribution in [3.63, 3.8) is 0 Å². The molecule has 0 amide bonds. The Morgan fingerprint density at radius 2 is 2.00 bits per heavy atom. The first-order chi connectivity index (χ1) is 8.03. The number of halogens is 1. The predicted octanol–water partition coefficient (Wildman–Crippen LogP) is 2.82. The highest BCUT2D eigenvalue weighted by atomic mass is 35.5. The summed E-state index contributed by atoms with van der Waals surface area (Å²) >= 11 is 5.67. The molecular formula is C13H17ClO2S. The fraction of sp³-hybridized carbons (Fsp3) is 0.538. The normalized spacial score (nSPS) is 16.8. The molecule has 2 rings (SSSR count). The van der Waals surface area contributed by atoms with Crippen molar-refractivity contribution in [1.82, 2.24) is 0 Å². The smallest absolute Gasteiger partial charge is 0.178 e. The van der Waals surface area contributed by atoms with Crippen LogP contribution in [0.1, 0.15) is 24.5 Å². The van der Waals surface area contributed by atoms with Crippen molar-refractivity contribution in [3.8, 4) is 0 Å². The van der Waals surface area contributed by atoms with E-state index in [4.69, 9.17) is 11.6 Å². The highest BCUT2D eigenvalue weighted by Crippen LogP contribution is 2.25. The van der Waals surface area contributed by atoms with E-state index in [9.17, 15) is 8.42 Å². The molecule has 0 fully saturated rings. The molecule has 0 saturated carbocycles. The monoisotopic (exact) mass is 272 g/mol. The average Bonchev–Trinajstić information content (AvgIpc) is 2.75. The molecule has 1 aromatic rings. The van der Waals surface area contributed by atoms with E-state index < -0.39 is 9.84 Å². The van der Waals surface area contributed by atoms with E-state index in [-0.39, 0.29) is 11.7 Å². The number of benzene rings is 1. The Bertz CT molecular complexity index is 508. The van der Waals surface area contributed by atoms with Gasteiger partial charge in [-0.3, -0.25) is 0 Å². The van der Waals surface area contributed by atoms with Gasteiger partial charge in [-0.2, -0.15) is 0 Å². The summed E-state index contributed by atoms with van der Waals surface area (Å²) in [6, 6.07) is 5.54. The van der Waals surface area contributed by atoms with E-state index >= 15 is 0 Å². The lowest BCUT2D eigenvalue weighted by Crippen LogP contribution is -2.15. The van der Waals surface area contributed by atoms with Crippen molar-refractivity contribution >= 4 is 21.4 Å². The van der Waals surface area contributed by atoms with Gasteiger partial charge in [0.05, 0.1) is 10.6 Å². The quantitative estimate of drug-likeness (QED) is 0.790. The molecule has 0 aromatic heterocycles. The van der Waals surface area contributed by atoms with Crippen LogP contribution in [0.25, 0.3) is 0 Å². The maximum atomic E-state index is 12.1. The van der Waals surface area contributed by atoms with Gasteiger partial charge in [-0.05, 0) is 48.4 Å². The zero-order valence-corrected chi connectivity index (χ0v) is 11.5. The van der Waals surface area contributed by atoms with Crippen molar-refractivity contribution in [3.05, 3.63) is 29.3 Å². The molecule has 1 atom stereocenters. The lowest BCUT2D eigenvalue weighted by Gasteiger charge is -2.10. The van der Waals surface area contributed by atoms with Gasteiger partial charge in [-0.1, -0.05) is 13.0 Å². The Morgan fingerprint density at radius 3 is 2.71 bits per heavy atom. The first kappa shape index (κ1) is 12.9. The molecule has 94 valence electrons. The van der Waals surface area contributed by atoms with Gasteiger partial charge in [0.25, 0.3) is 0 Å². The maximum Gasteiger partial charge on any atom is 0.178 e. The van der Waals surface area contributed by atoms with Crippen LogP contribution in [0.15, 0.2) is 23.1 Å². The van der Waals surface area contributed by atoms with E-state index in [0.717, 1.165) is 19.3 Å². The molecule has 1 unspecified atom stereocenters. The number of hydrogen-bond donors (Lipinski definition) is 0. The van der Waals surface area contributed by atoms with Crippen LogP contribution in [0.4, 0.5) is 0 Å². The minimum Gasteiger partial charge on any atom is -0.224 e. The minimum absolute atomic E-state index is 0.00470. The van der Waals surface area contributed by atoms with Crippen molar-refractivity contribution in [2.24, 2.45) is 5.92 Å². The number of alkyl halides is 1. The molecule has 0 saturated heterocycles. The minimum atomic E-state index is -3.18. The van der Waals surface area contributed by atoms with E-state index in [0.29, 0.717) is 10.8 Å². The molecular weight excluding hydrogens is 256 g/mol. The van der Waals surface area contributed by atoms with Crippen LogP contribution in [0.2, 0.25) is 0 Å². The average molecular weight is 273 g/mol. The SMILES string of the molecule is CC(CCl)CS(=O)(=O)c1ccc2c(c1)CCC2. The standard InChI is InChI=1S/C13H17ClO2S/c1-10(8-14)9-17(15,16)13-6-5-11-3-2-4-12(11)7-13/h5-7,10H,2-4,8-9H2,1H3. The van der Waals surface area contributed by atoms with Crippen molar-refractivity contribution < 1.29 is 8.42 Å². The summed E-state index contributed by atoms with van der Waals surface area (Å²) < 4.78 is 24.3. The number of sulfone groups is 1. The van der Waals surface area contributed by atoms with Gasteiger partial charge < -0.3 is 0 Å². The highest BCUT2D eigenvalue weighted by molar-refractivity contribution is 7.91. The van der Waals surface area contributed by atoms with Crippen molar-refractivity contribution in [2.45, 2.75) is 31.1 Å². The van der Waals surface area contributed by atoms with Crippen LogP contribution >= 0.6 is 11.6 Å². The third-order valence-corrected chi connectivity index (χ3v) is 5.70. The number of aryl methyl sites for hydroxylation is 2. The molecule has 1 aromatic carbocycles. The molecule has 1 aliphatic carbocycles. The Balaban J connectivity index is 2.28. The first-order valence-corrected chi connectivity index (χ1v) is 8.12. The highest BCUT2D eigenvalue weighted by Gasteiger charge is 2.20. The summed E-state index contributed by atoms with van der Waals surface area (Å²) in [7, 11) is -3.18. The second-order valence-corrected chi connectivity index (χ2v) is 7.17. The predicted molar refractivity (Wildman–Crippen MR) is 70.4 cm³/mol. The van der Waals surface area contributed by atoms with Gasteiger partial charge >= 0.3 is 0 Å². The maximum absolute atomic E-state index is 12.1. The van der Waals surface area contributed by atoms with Crippen LogP contribution < -0.4 is 0 Å². The van der Waals surface area contributed by atoms with Gasteiger partial charge in [0.1, 0.15) is 0 Å². The van der Waals surface area contributed by atoms with E-state index in [1.54, 1.807) is 6.07 Å². The lowest BCUT2D eigenvalue weighted by molar-refractivity contribution is 0.583. The van der Waals surface area contributed by atoms with Crippen LogP contribution in [0.3, 0.4) is 0 Å². The fourth-order valence-corrected chi connectivity index (χ4v) is 4.15. The molecule has 0 N–H and O–H groups in total. The summed E-state index contributed by atoms with van der Waals surface area (Å²) in [5.74, 6) is 0.509. The Hall–Kier alpha value is -0.540. The van der Waals surface area contributed by atoms with Crippen molar-refractivity contribution in [2.75, 3.05) is 11.6 Å². The molecule has 2 nitrogen and oxygen atoms in total. The van der Waals surface area contributed by atoms with E-state index in [2.05, 4.69) is 0 Å². The number of hydrogen-bond acceptors (Lipinski definition) is 2. The van der Waals surface area contributed by atoms with Crippen LogP contribution in [-0.4, -0.2) is 20.1 Å². The molecule has 0 spiro atoms. The fourth-order valence-electron chi connectivity index (χ4n) is 2.26. The van der Waals surface area contributed by atoms with Crippen LogP contribution in [-0.2, 0) is 22.7 Å². The summed E-state index contributed by atoms with van der Waals surface area (Å²) in [5, 5.41) is 0. The van der Waals surface area contributed by atoms with Crippen molar-refractivity contribution in [1.29, 1.82) is 0 Å². The third-order valence-electron chi connectivity index (χ3n) is 3.20. The Morgan fingerprint density at radius 1 is 1.29 bits per heavy atom. The summed E-state index contributed by atoms with van der Waals surface area (Å²) in [4.78, 5) is 0.454. The van der Waals surface area contributed by atoms with E-state index in [1.165, 1.54) is 11.1 Å². The van der Waals surface area contributed by atoms with E-state index in [1.807, 2.05) is 19.1 Å². The van der Waals surface area contributed by atoms with Crippen LogP contribution in [0, 0.1) is 5.92 Å². The Kier molecular flexibility index (Phi) is 3.79. The van der Waals surface area contributed by atoms with Crippen LogP contribution in [0.5, 0.6) is 0 Å². The molecule has 1 aliphatic rings. The molecule has 0 bridgehead atoms. The van der Waals surface area contributed by atoms with Gasteiger partial charge in [0.2, 0.25) is 0 Å². The second kappa shape index (κ2) is 4.99. The lowest BCUT2D eigenvalue weighted by atomic mass is 10.1. The number of fused-ring (bicyclic) bond motifs is 1. The van der Waals surface area contributed by atoms with Gasteiger partial charge in [-0.15, -0.1) is 11.6 Å². The first-order valence-electron chi connectivity index (χ1n) is 5.93. The summed E-state index contributed by atoms with van der Waals surface area (Å²) in [5.41, 5.74) is 2.50. The number of rotatable bonds is 4. The third kappa shape index (κ3) is 2.83. The topological polar surface area (TPSA) is 34.1 Å². The molecule has 17 heavy (non-hydrogen) atoms. The summed E-state index contributed by atoms with van der Waals surface area (Å²) in [6.07, 6.45) is 3.22. The largest absolute Gasteiger partial charge is 0.224 e. The van der Waals surface area contributed by atoms with Gasteiger partial charge in [0, 0.05) is 5.88 Å². The zero-order chi connectivity index (χ0) is 12.5. The van der Waals surface area contributed by atoms with Gasteiger partial charge in [-0.25, -0.2) is 8.42 Å². The molecule has 0 radical (unpaired) electrons. The van der Waals surface area contributed by atoms with Gasteiger partial charge in [0.15, 0.2) is 9.84 Å². The molecule has 0 heterocycles. The summed E-state index contributed by atoms with van der Waals surface area (Å²) in [6.45, 7) is 1.86. The molecule has 0 aliphatic heterocycles. The molecule has 4 heteroatoms.